The van der Waals surface area contributed by atoms with E-state index in [2.05, 4.69) is 15.4 Å². The van der Waals surface area contributed by atoms with Crippen molar-refractivity contribution in [2.45, 2.75) is 13.1 Å². The van der Waals surface area contributed by atoms with E-state index in [4.69, 9.17) is 4.74 Å². The number of anilines is 1. The van der Waals surface area contributed by atoms with Crippen LogP contribution in [0.2, 0.25) is 0 Å². The summed E-state index contributed by atoms with van der Waals surface area (Å²) in [6.45, 7) is 1.51. The van der Waals surface area contributed by atoms with Gasteiger partial charge < -0.3 is 10.1 Å². The van der Waals surface area contributed by atoms with Gasteiger partial charge in [0.05, 0.1) is 11.3 Å². The van der Waals surface area contributed by atoms with Gasteiger partial charge in [0.2, 0.25) is 0 Å². The predicted octanol–water partition coefficient (Wildman–Crippen LogP) is 5.91. The SMILES string of the molecule is Cc1ccc(/C=C/C(=O)/C=C/c2ccccc2OCC(=O)Nc2cc(-n3cncn3)cc(C(F)(F)F)c2)cc1. The molecule has 1 N–H and O–H groups in total. The van der Waals surface area contributed by atoms with Crippen LogP contribution in [0.4, 0.5) is 18.9 Å². The molecule has 1 amide bonds. The van der Waals surface area contributed by atoms with Crippen LogP contribution < -0.4 is 10.1 Å². The summed E-state index contributed by atoms with van der Waals surface area (Å²) in [5.41, 5.74) is 1.61. The van der Waals surface area contributed by atoms with Crippen molar-refractivity contribution < 1.29 is 27.5 Å². The topological polar surface area (TPSA) is 86.1 Å². The minimum Gasteiger partial charge on any atom is -0.483 e. The minimum absolute atomic E-state index is 0.0788. The first-order valence-corrected chi connectivity index (χ1v) is 11.7. The molecule has 3 aromatic carbocycles. The molecular formula is C29H23F3N4O3. The number of hydrogen-bond acceptors (Lipinski definition) is 5. The molecule has 39 heavy (non-hydrogen) atoms. The summed E-state index contributed by atoms with van der Waals surface area (Å²) < 4.78 is 47.0. The summed E-state index contributed by atoms with van der Waals surface area (Å²) >= 11 is 0. The Hall–Kier alpha value is -4.99. The molecule has 0 bridgehead atoms. The Bertz CT molecular complexity index is 1510. The number of carbonyl (C=O) groups excluding carboxylic acids is 2. The van der Waals surface area contributed by atoms with Crippen molar-refractivity contribution in [1.82, 2.24) is 14.8 Å². The number of aryl methyl sites for hydroxylation is 1. The molecule has 0 aliphatic carbocycles. The summed E-state index contributed by atoms with van der Waals surface area (Å²) in [5.74, 6) is -0.586. The van der Waals surface area contributed by atoms with Gasteiger partial charge in [-0.15, -0.1) is 0 Å². The van der Waals surface area contributed by atoms with E-state index in [9.17, 15) is 22.8 Å². The molecule has 0 saturated heterocycles. The van der Waals surface area contributed by atoms with E-state index in [0.717, 1.165) is 27.9 Å². The fourth-order valence-corrected chi connectivity index (χ4v) is 3.49. The third kappa shape index (κ3) is 7.75. The lowest BCUT2D eigenvalue weighted by Gasteiger charge is -2.14. The van der Waals surface area contributed by atoms with Crippen LogP contribution in [0.15, 0.2) is 91.5 Å². The highest BCUT2D eigenvalue weighted by Crippen LogP contribution is 2.33. The van der Waals surface area contributed by atoms with Gasteiger partial charge in [0.15, 0.2) is 12.4 Å². The number of nitrogens with one attached hydrogen (secondary N) is 1. The molecule has 0 unspecified atom stereocenters. The van der Waals surface area contributed by atoms with Crippen LogP contribution in [-0.2, 0) is 15.8 Å². The lowest BCUT2D eigenvalue weighted by Crippen LogP contribution is -2.21. The number of ether oxygens (including phenoxy) is 1. The number of carbonyl (C=O) groups is 2. The zero-order valence-electron chi connectivity index (χ0n) is 20.7. The molecule has 10 heteroatoms. The number of hydrogen-bond donors (Lipinski definition) is 1. The van der Waals surface area contributed by atoms with Crippen LogP contribution >= 0.6 is 0 Å². The molecule has 0 fully saturated rings. The standard InChI is InChI=1S/C29H23F3N4O3/c1-20-6-8-21(9-7-20)10-12-26(37)13-11-22-4-2-3-5-27(22)39-17-28(38)35-24-14-23(29(30,31)32)15-25(16-24)36-19-33-18-34-36/h2-16,18-19H,17H2,1H3,(H,35,38)/b12-10+,13-11+. The van der Waals surface area contributed by atoms with Crippen LogP contribution in [0.5, 0.6) is 5.75 Å². The lowest BCUT2D eigenvalue weighted by molar-refractivity contribution is -0.137. The Morgan fingerprint density at radius 3 is 2.46 bits per heavy atom. The summed E-state index contributed by atoms with van der Waals surface area (Å²) in [5, 5.41) is 6.27. The van der Waals surface area contributed by atoms with E-state index >= 15 is 0 Å². The van der Waals surface area contributed by atoms with Crippen LogP contribution in [0.1, 0.15) is 22.3 Å². The number of halogens is 3. The molecular weight excluding hydrogens is 509 g/mol. The van der Waals surface area contributed by atoms with Crippen molar-refractivity contribution in [3.05, 3.63) is 114 Å². The number of allylic oxidation sites excluding steroid dienone is 2. The Morgan fingerprint density at radius 1 is 1.00 bits per heavy atom. The van der Waals surface area contributed by atoms with Crippen molar-refractivity contribution in [1.29, 1.82) is 0 Å². The van der Waals surface area contributed by atoms with Gasteiger partial charge in [-0.1, -0.05) is 54.1 Å². The van der Waals surface area contributed by atoms with Crippen molar-refractivity contribution in [2.75, 3.05) is 11.9 Å². The van der Waals surface area contributed by atoms with Crippen molar-refractivity contribution in [3.63, 3.8) is 0 Å². The second-order valence-corrected chi connectivity index (χ2v) is 8.46. The summed E-state index contributed by atoms with van der Waals surface area (Å²) in [6, 6.07) is 17.6. The normalized spacial score (nSPS) is 11.7. The van der Waals surface area contributed by atoms with E-state index in [0.29, 0.717) is 11.3 Å². The van der Waals surface area contributed by atoms with Gasteiger partial charge in [-0.3, -0.25) is 9.59 Å². The molecule has 0 saturated carbocycles. The van der Waals surface area contributed by atoms with Crippen LogP contribution in [0, 0.1) is 6.92 Å². The average Bonchev–Trinajstić information content (AvgIpc) is 3.45. The number of nitrogens with zero attached hydrogens (tertiary/aromatic N) is 3. The number of para-hydroxylation sites is 1. The quantitative estimate of drug-likeness (QED) is 0.271. The van der Waals surface area contributed by atoms with Crippen molar-refractivity contribution >= 4 is 29.5 Å². The molecule has 1 heterocycles. The number of alkyl halides is 3. The van der Waals surface area contributed by atoms with Crippen LogP contribution in [0.25, 0.3) is 17.8 Å². The highest BCUT2D eigenvalue weighted by atomic mass is 19.4. The summed E-state index contributed by atoms with van der Waals surface area (Å²) in [7, 11) is 0. The maximum atomic E-state index is 13.4. The molecule has 0 radical (unpaired) electrons. The van der Waals surface area contributed by atoms with Crippen LogP contribution in [-0.4, -0.2) is 33.1 Å². The van der Waals surface area contributed by atoms with E-state index in [1.54, 1.807) is 36.4 Å². The van der Waals surface area contributed by atoms with Gasteiger partial charge in [0.25, 0.3) is 5.91 Å². The molecule has 0 aliphatic rings. The molecule has 4 rings (SSSR count). The first-order chi connectivity index (χ1) is 18.7. The fraction of sp³-hybridized carbons (Fsp3) is 0.103. The van der Waals surface area contributed by atoms with E-state index < -0.39 is 24.3 Å². The van der Waals surface area contributed by atoms with Crippen molar-refractivity contribution in [3.8, 4) is 11.4 Å². The monoisotopic (exact) mass is 532 g/mol. The van der Waals surface area contributed by atoms with Gasteiger partial charge in [-0.2, -0.15) is 18.3 Å². The molecule has 0 atom stereocenters. The first kappa shape index (κ1) is 27.1. The molecule has 4 aromatic rings. The summed E-state index contributed by atoms with van der Waals surface area (Å²) in [6.07, 6.45) is 3.89. The highest BCUT2D eigenvalue weighted by molar-refractivity contribution is 6.04. The van der Waals surface area contributed by atoms with Crippen molar-refractivity contribution in [2.24, 2.45) is 0 Å². The first-order valence-electron chi connectivity index (χ1n) is 11.7. The number of rotatable bonds is 9. The molecule has 0 aliphatic heterocycles. The predicted molar refractivity (Wildman–Crippen MR) is 141 cm³/mol. The highest BCUT2D eigenvalue weighted by Gasteiger charge is 2.31. The van der Waals surface area contributed by atoms with Crippen LogP contribution in [0.3, 0.4) is 0 Å². The van der Waals surface area contributed by atoms with E-state index in [-0.39, 0.29) is 17.2 Å². The fourth-order valence-electron chi connectivity index (χ4n) is 3.49. The average molecular weight is 533 g/mol. The van der Waals surface area contributed by atoms with Gasteiger partial charge in [0.1, 0.15) is 18.4 Å². The zero-order chi connectivity index (χ0) is 27.8. The number of amides is 1. The smallest absolute Gasteiger partial charge is 0.416 e. The Balaban J connectivity index is 1.41. The summed E-state index contributed by atoms with van der Waals surface area (Å²) in [4.78, 5) is 28.5. The minimum atomic E-state index is -4.63. The van der Waals surface area contributed by atoms with Gasteiger partial charge >= 0.3 is 6.18 Å². The molecule has 7 nitrogen and oxygen atoms in total. The maximum absolute atomic E-state index is 13.4. The largest absolute Gasteiger partial charge is 0.483 e. The Kier molecular flexibility index (Phi) is 8.35. The molecule has 198 valence electrons. The Morgan fingerprint density at radius 2 is 1.74 bits per heavy atom. The molecule has 1 aromatic heterocycles. The second-order valence-electron chi connectivity index (χ2n) is 8.46. The second kappa shape index (κ2) is 12.0. The van der Waals surface area contributed by atoms with E-state index in [1.807, 2.05) is 31.2 Å². The number of ketones is 1. The molecule has 0 spiro atoms. The Labute approximate surface area is 222 Å². The maximum Gasteiger partial charge on any atom is 0.416 e. The number of aromatic nitrogens is 3. The third-order valence-corrected chi connectivity index (χ3v) is 5.43. The zero-order valence-corrected chi connectivity index (χ0v) is 20.7. The third-order valence-electron chi connectivity index (χ3n) is 5.43. The van der Waals surface area contributed by atoms with Gasteiger partial charge in [0, 0.05) is 11.3 Å². The number of benzene rings is 3. The van der Waals surface area contributed by atoms with Gasteiger partial charge in [-0.25, -0.2) is 9.67 Å². The lowest BCUT2D eigenvalue weighted by atomic mass is 10.1. The van der Waals surface area contributed by atoms with E-state index in [1.165, 1.54) is 30.9 Å². The van der Waals surface area contributed by atoms with Gasteiger partial charge in [-0.05, 0) is 55.0 Å².